The van der Waals surface area contributed by atoms with Crippen LogP contribution in [0.2, 0.25) is 6.04 Å². The van der Waals surface area contributed by atoms with Crippen molar-refractivity contribution in [1.29, 1.82) is 0 Å². The van der Waals surface area contributed by atoms with Gasteiger partial charge in [-0.05, 0) is 0 Å². The average Bonchev–Trinajstić information content (AvgIpc) is 2.06. The van der Waals surface area contributed by atoms with Gasteiger partial charge in [-0.15, -0.1) is 0 Å². The Balaban J connectivity index is 4.11. The third kappa shape index (κ3) is 4.73. The lowest BCUT2D eigenvalue weighted by Gasteiger charge is -2.32. The molecule has 0 aromatic carbocycles. The van der Waals surface area contributed by atoms with Gasteiger partial charge in [0.05, 0.1) is 27.2 Å². The average molecular weight is 208 g/mol. The first-order valence-corrected chi connectivity index (χ1v) is 5.98. The van der Waals surface area contributed by atoms with Gasteiger partial charge in [-0.3, -0.25) is 0 Å². The molecule has 0 aliphatic rings. The van der Waals surface area contributed by atoms with E-state index in [0.29, 0.717) is 0 Å². The van der Waals surface area contributed by atoms with Crippen LogP contribution in [0.4, 0.5) is 0 Å². The predicted octanol–water partition coefficient (Wildman–Crippen LogP) is -0.212. The van der Waals surface area contributed by atoms with Gasteiger partial charge in [0.25, 0.3) is 15.7 Å². The van der Waals surface area contributed by atoms with Crippen molar-refractivity contribution in [3.63, 3.8) is 0 Å². The smallest absolute Gasteiger partial charge is 0.284 e. The van der Waals surface area contributed by atoms with Crippen LogP contribution < -0.4 is 0 Å². The van der Waals surface area contributed by atoms with Crippen LogP contribution in [0.5, 0.6) is 0 Å². The van der Waals surface area contributed by atoms with Gasteiger partial charge >= 0.3 is 0 Å². The van der Waals surface area contributed by atoms with Crippen LogP contribution in [-0.4, -0.2) is 62.3 Å². The molecule has 0 saturated heterocycles. The first-order chi connectivity index (χ1) is 5.89. The molecule has 4 nitrogen and oxygen atoms in total. The molecule has 5 heteroatoms. The molecule has 0 bridgehead atoms. The Morgan fingerprint density at radius 2 is 1.38 bits per heavy atom. The summed E-state index contributed by atoms with van der Waals surface area (Å²) in [6.07, 6.45) is 0. The van der Waals surface area contributed by atoms with Gasteiger partial charge in [-0.1, -0.05) is 0 Å². The second-order valence-electron chi connectivity index (χ2n) is 4.06. The van der Waals surface area contributed by atoms with E-state index in [1.54, 1.807) is 21.3 Å². The van der Waals surface area contributed by atoms with Crippen LogP contribution in [0, 0.1) is 0 Å². The molecule has 0 N–H and O–H groups in total. The third-order valence-electron chi connectivity index (χ3n) is 2.02. The van der Waals surface area contributed by atoms with Crippen LogP contribution in [0.1, 0.15) is 0 Å². The zero-order valence-corrected chi connectivity index (χ0v) is 11.0. The van der Waals surface area contributed by atoms with E-state index in [2.05, 4.69) is 21.1 Å². The van der Waals surface area contributed by atoms with E-state index in [-0.39, 0.29) is 9.68 Å². The number of nitrogens with zero attached hydrogens (tertiary/aromatic N) is 1. The molecule has 0 aromatic rings. The fourth-order valence-corrected chi connectivity index (χ4v) is 2.59. The van der Waals surface area contributed by atoms with E-state index in [9.17, 15) is 0 Å². The highest BCUT2D eigenvalue weighted by atomic mass is 28.2. The summed E-state index contributed by atoms with van der Waals surface area (Å²) in [6, 6.07) is 0.847. The number of hydrogen-bond donors (Lipinski definition) is 0. The molecule has 0 saturated carbocycles. The number of ether oxygens (including phenoxy) is 3. The second kappa shape index (κ2) is 5.07. The highest BCUT2D eigenvalue weighted by Crippen LogP contribution is 2.18. The molecule has 0 aromatic heterocycles. The largest absolute Gasteiger partial charge is 0.395 e. The van der Waals surface area contributed by atoms with E-state index < -0.39 is 5.97 Å². The van der Waals surface area contributed by atoms with Crippen molar-refractivity contribution in [2.75, 3.05) is 42.5 Å². The van der Waals surface area contributed by atoms with Crippen LogP contribution in [0.25, 0.3) is 0 Å². The summed E-state index contributed by atoms with van der Waals surface area (Å²) in [7, 11) is 11.0. The minimum atomic E-state index is -0.822. The van der Waals surface area contributed by atoms with Crippen LogP contribution in [-0.2, 0) is 14.2 Å². The van der Waals surface area contributed by atoms with Gasteiger partial charge in [0.1, 0.15) is 0 Å². The topological polar surface area (TPSA) is 27.7 Å². The third-order valence-corrected chi connectivity index (χ3v) is 4.20. The normalized spacial score (nSPS) is 14.3. The molecule has 0 rings (SSSR count). The second-order valence-corrected chi connectivity index (χ2v) is 6.90. The highest BCUT2D eigenvalue weighted by molar-refractivity contribution is 6.26. The van der Waals surface area contributed by atoms with Crippen LogP contribution >= 0.6 is 0 Å². The first kappa shape index (κ1) is 13.1. The number of methoxy groups -OCH3 is 3. The fraction of sp³-hybridized carbons (Fsp3) is 1.00. The summed E-state index contributed by atoms with van der Waals surface area (Å²) in [5, 5.41) is 0. The molecular formula is C8H22NO3Si+. The molecule has 0 atom stereocenters. The molecule has 0 amide bonds. The van der Waals surface area contributed by atoms with Crippen molar-refractivity contribution in [3.05, 3.63) is 0 Å². The quantitative estimate of drug-likeness (QED) is 0.446. The highest BCUT2D eigenvalue weighted by Gasteiger charge is 2.32. The Bertz CT molecular complexity index is 135. The lowest BCUT2D eigenvalue weighted by atomic mass is 10.6. The molecular weight excluding hydrogens is 186 g/mol. The van der Waals surface area contributed by atoms with Gasteiger partial charge in [0, 0.05) is 21.3 Å². The maximum Gasteiger partial charge on any atom is 0.284 e. The zero-order valence-electron chi connectivity index (χ0n) is 9.59. The minimum absolute atomic E-state index is 0.325. The van der Waals surface area contributed by atoms with Crippen molar-refractivity contribution in [2.24, 2.45) is 0 Å². The van der Waals surface area contributed by atoms with Crippen LogP contribution in [0.15, 0.2) is 0 Å². The van der Waals surface area contributed by atoms with Gasteiger partial charge in [-0.2, -0.15) is 0 Å². The SMILES string of the molecule is COC(C[SiH2][N+](C)(C)C)(OC)OC. The van der Waals surface area contributed by atoms with Crippen LogP contribution in [0.3, 0.4) is 0 Å². The monoisotopic (exact) mass is 208 g/mol. The Morgan fingerprint density at radius 3 is 1.62 bits per heavy atom. The van der Waals surface area contributed by atoms with E-state index in [1.807, 2.05) is 0 Å². The lowest BCUT2D eigenvalue weighted by Crippen LogP contribution is -2.45. The van der Waals surface area contributed by atoms with E-state index >= 15 is 0 Å². The Kier molecular flexibility index (Phi) is 5.09. The molecule has 13 heavy (non-hydrogen) atoms. The standard InChI is InChI=1S/C8H22NO3Si/c1-9(2,3)13-7-8(10-4,11-5)12-6/h7,13H2,1-6H3/q+1. The van der Waals surface area contributed by atoms with Gasteiger partial charge in [0.2, 0.25) is 0 Å². The molecule has 0 unspecified atom stereocenters. The van der Waals surface area contributed by atoms with Gasteiger partial charge in [-0.25, -0.2) is 0 Å². The Morgan fingerprint density at radius 1 is 1.00 bits per heavy atom. The molecule has 0 fully saturated rings. The molecule has 0 radical (unpaired) electrons. The summed E-state index contributed by atoms with van der Waals surface area (Å²) >= 11 is 0. The van der Waals surface area contributed by atoms with Crippen molar-refractivity contribution in [2.45, 2.75) is 12.0 Å². The maximum atomic E-state index is 5.21. The van der Waals surface area contributed by atoms with E-state index in [1.165, 1.54) is 0 Å². The summed E-state index contributed by atoms with van der Waals surface area (Å²) in [4.78, 5) is 0. The van der Waals surface area contributed by atoms with Crippen molar-refractivity contribution < 1.29 is 18.4 Å². The first-order valence-electron chi connectivity index (χ1n) is 4.35. The Hall–Kier alpha value is 0.0569. The maximum absolute atomic E-state index is 5.21. The molecule has 80 valence electrons. The summed E-state index contributed by atoms with van der Waals surface area (Å²) < 4.78 is 16.6. The summed E-state index contributed by atoms with van der Waals surface area (Å²) in [5.74, 6) is -0.822. The zero-order chi connectivity index (χ0) is 10.5. The molecule has 0 aliphatic heterocycles. The fourth-order valence-electron chi connectivity index (χ4n) is 1.03. The van der Waals surface area contributed by atoms with Crippen molar-refractivity contribution in [1.82, 2.24) is 0 Å². The minimum Gasteiger partial charge on any atom is -0.395 e. The van der Waals surface area contributed by atoms with E-state index in [4.69, 9.17) is 14.2 Å². The molecule has 0 spiro atoms. The predicted molar refractivity (Wildman–Crippen MR) is 55.1 cm³/mol. The van der Waals surface area contributed by atoms with Crippen molar-refractivity contribution >= 4 is 9.68 Å². The molecule has 0 aliphatic carbocycles. The number of quaternary nitrogens is 1. The Labute approximate surface area is 83.3 Å². The van der Waals surface area contributed by atoms with Gasteiger partial charge < -0.3 is 18.4 Å². The number of hydrogen-bond acceptors (Lipinski definition) is 3. The summed E-state index contributed by atoms with van der Waals surface area (Å²) in [5.41, 5.74) is 0. The lowest BCUT2D eigenvalue weighted by molar-refractivity contribution is -0.756. The van der Waals surface area contributed by atoms with Gasteiger partial charge in [0.15, 0.2) is 0 Å². The van der Waals surface area contributed by atoms with E-state index in [0.717, 1.165) is 10.2 Å². The summed E-state index contributed by atoms with van der Waals surface area (Å²) in [6.45, 7) is 0. The molecule has 0 heterocycles. The number of rotatable bonds is 6. The van der Waals surface area contributed by atoms with Crippen molar-refractivity contribution in [3.8, 4) is 0 Å².